The molecular formula is C20H22N2O4S2. The van der Waals surface area contributed by atoms with Crippen LogP contribution in [0.15, 0.2) is 42.5 Å². The zero-order chi connectivity index (χ0) is 20.1. The van der Waals surface area contributed by atoms with Crippen molar-refractivity contribution in [2.45, 2.75) is 19.0 Å². The van der Waals surface area contributed by atoms with E-state index in [2.05, 4.69) is 0 Å². The van der Waals surface area contributed by atoms with Crippen molar-refractivity contribution in [2.24, 2.45) is 0 Å². The summed E-state index contributed by atoms with van der Waals surface area (Å²) in [6, 6.07) is 12.9. The number of thiocarbonyl (C=S) groups is 1. The standard InChI is InChI=1S/C20H22N2O4S2/c1-13-4-6-14(7-5-13)21-17-11-28(23,24)12-18(17)22(20(21)27)16-10-15(25-2)8-9-19(16)26-3/h4-10,17-18H,11-12H2,1-3H3. The Morgan fingerprint density at radius 3 is 2.21 bits per heavy atom. The van der Waals surface area contributed by atoms with E-state index in [9.17, 15) is 8.42 Å². The van der Waals surface area contributed by atoms with Crippen molar-refractivity contribution >= 4 is 38.5 Å². The van der Waals surface area contributed by atoms with Gasteiger partial charge in [0.15, 0.2) is 14.9 Å². The van der Waals surface area contributed by atoms with Crippen LogP contribution in [-0.4, -0.2) is 51.3 Å². The second kappa shape index (κ2) is 6.93. The van der Waals surface area contributed by atoms with Gasteiger partial charge in [-0.3, -0.25) is 0 Å². The molecule has 6 nitrogen and oxygen atoms in total. The van der Waals surface area contributed by atoms with Crippen molar-refractivity contribution in [3.05, 3.63) is 48.0 Å². The molecular weight excluding hydrogens is 396 g/mol. The van der Waals surface area contributed by atoms with Crippen LogP contribution < -0.4 is 19.3 Å². The molecule has 0 amide bonds. The highest BCUT2D eigenvalue weighted by atomic mass is 32.2. The smallest absolute Gasteiger partial charge is 0.181 e. The maximum atomic E-state index is 12.5. The molecule has 2 unspecified atom stereocenters. The highest BCUT2D eigenvalue weighted by Gasteiger charge is 2.53. The fourth-order valence-electron chi connectivity index (χ4n) is 3.98. The van der Waals surface area contributed by atoms with Gasteiger partial charge in [0.1, 0.15) is 11.5 Å². The van der Waals surface area contributed by atoms with Crippen LogP contribution in [-0.2, 0) is 9.84 Å². The van der Waals surface area contributed by atoms with Gasteiger partial charge in [0.05, 0.1) is 43.5 Å². The number of ether oxygens (including phenoxy) is 2. The van der Waals surface area contributed by atoms with Crippen molar-refractivity contribution in [1.29, 1.82) is 0 Å². The maximum Gasteiger partial charge on any atom is 0.181 e. The van der Waals surface area contributed by atoms with E-state index in [4.69, 9.17) is 21.7 Å². The Morgan fingerprint density at radius 1 is 0.964 bits per heavy atom. The first-order chi connectivity index (χ1) is 13.3. The summed E-state index contributed by atoms with van der Waals surface area (Å²) in [6.45, 7) is 2.02. The average molecular weight is 419 g/mol. The summed E-state index contributed by atoms with van der Waals surface area (Å²) in [5.74, 6) is 1.41. The molecule has 0 radical (unpaired) electrons. The summed E-state index contributed by atoms with van der Waals surface area (Å²) >= 11 is 5.84. The number of hydrogen-bond acceptors (Lipinski definition) is 5. The Bertz CT molecular complexity index is 1020. The second-order valence-electron chi connectivity index (χ2n) is 7.11. The third-order valence-corrected chi connectivity index (χ3v) is 7.42. The minimum Gasteiger partial charge on any atom is -0.497 e. The summed E-state index contributed by atoms with van der Waals surface area (Å²) in [4.78, 5) is 3.87. The summed E-state index contributed by atoms with van der Waals surface area (Å²) in [5.41, 5.74) is 2.75. The summed E-state index contributed by atoms with van der Waals surface area (Å²) < 4.78 is 35.9. The quantitative estimate of drug-likeness (QED) is 0.708. The van der Waals surface area contributed by atoms with Crippen LogP contribution in [0, 0.1) is 6.92 Å². The predicted molar refractivity (Wildman–Crippen MR) is 115 cm³/mol. The van der Waals surface area contributed by atoms with Crippen molar-refractivity contribution < 1.29 is 17.9 Å². The zero-order valence-corrected chi connectivity index (χ0v) is 17.6. The Kier molecular flexibility index (Phi) is 4.71. The van der Waals surface area contributed by atoms with Crippen LogP contribution in [0.5, 0.6) is 11.5 Å². The van der Waals surface area contributed by atoms with Gasteiger partial charge in [-0.15, -0.1) is 0 Å². The number of benzene rings is 2. The van der Waals surface area contributed by atoms with Gasteiger partial charge in [0.25, 0.3) is 0 Å². The minimum atomic E-state index is -3.17. The lowest BCUT2D eigenvalue weighted by molar-refractivity contribution is 0.403. The molecule has 28 heavy (non-hydrogen) atoms. The number of fused-ring (bicyclic) bond motifs is 1. The van der Waals surface area contributed by atoms with Crippen molar-refractivity contribution in [1.82, 2.24) is 0 Å². The molecule has 2 aliphatic rings. The van der Waals surface area contributed by atoms with Gasteiger partial charge in [-0.1, -0.05) is 17.7 Å². The van der Waals surface area contributed by atoms with Crippen LogP contribution >= 0.6 is 12.2 Å². The third-order valence-electron chi connectivity index (χ3n) is 5.33. The number of rotatable bonds is 4. The molecule has 2 fully saturated rings. The molecule has 148 valence electrons. The number of nitrogens with zero attached hydrogens (tertiary/aromatic N) is 2. The van der Waals surface area contributed by atoms with Gasteiger partial charge < -0.3 is 19.3 Å². The average Bonchev–Trinajstić information content (AvgIpc) is 3.10. The predicted octanol–water partition coefficient (Wildman–Crippen LogP) is 2.79. The fraction of sp³-hybridized carbons (Fsp3) is 0.350. The molecule has 0 N–H and O–H groups in total. The first kappa shape index (κ1) is 19.0. The third kappa shape index (κ3) is 3.10. The normalized spacial score (nSPS) is 23.0. The van der Waals surface area contributed by atoms with Gasteiger partial charge in [-0.05, 0) is 43.4 Å². The molecule has 2 aliphatic heterocycles. The lowest BCUT2D eigenvalue weighted by Gasteiger charge is -2.27. The summed E-state index contributed by atoms with van der Waals surface area (Å²) in [6.07, 6.45) is 0. The highest BCUT2D eigenvalue weighted by Crippen LogP contribution is 2.42. The largest absolute Gasteiger partial charge is 0.497 e. The molecule has 0 bridgehead atoms. The Morgan fingerprint density at radius 2 is 1.61 bits per heavy atom. The van der Waals surface area contributed by atoms with Gasteiger partial charge >= 0.3 is 0 Å². The van der Waals surface area contributed by atoms with E-state index in [0.29, 0.717) is 22.3 Å². The molecule has 0 saturated carbocycles. The second-order valence-corrected chi connectivity index (χ2v) is 9.63. The number of methoxy groups -OCH3 is 2. The van der Waals surface area contributed by atoms with E-state index in [0.717, 1.165) is 11.3 Å². The van der Waals surface area contributed by atoms with Gasteiger partial charge in [-0.25, -0.2) is 8.42 Å². The van der Waals surface area contributed by atoms with Gasteiger partial charge in [0.2, 0.25) is 0 Å². The summed E-state index contributed by atoms with van der Waals surface area (Å²) in [5, 5.41) is 0.570. The molecule has 0 aromatic heterocycles. The van der Waals surface area contributed by atoms with E-state index in [1.54, 1.807) is 14.2 Å². The molecule has 0 spiro atoms. The fourth-order valence-corrected chi connectivity index (χ4v) is 6.37. The van der Waals surface area contributed by atoms with Crippen LogP contribution in [0.1, 0.15) is 5.56 Å². The van der Waals surface area contributed by atoms with Crippen LogP contribution in [0.25, 0.3) is 0 Å². The number of hydrogen-bond donors (Lipinski definition) is 0. The lowest BCUT2D eigenvalue weighted by atomic mass is 10.1. The Hall–Kier alpha value is -2.32. The monoisotopic (exact) mass is 418 g/mol. The van der Waals surface area contributed by atoms with E-state index >= 15 is 0 Å². The number of aryl methyl sites for hydroxylation is 1. The SMILES string of the molecule is COc1ccc(OC)c(N2C(=S)N(c3ccc(C)cc3)C3CS(=O)(=O)CC32)c1. The first-order valence-corrected chi connectivity index (χ1v) is 11.2. The molecule has 8 heteroatoms. The van der Waals surface area contributed by atoms with E-state index < -0.39 is 9.84 Å². The molecule has 2 saturated heterocycles. The Labute approximate surface area is 170 Å². The molecule has 2 aromatic carbocycles. The first-order valence-electron chi connectivity index (χ1n) is 8.96. The van der Waals surface area contributed by atoms with Crippen molar-refractivity contribution in [2.75, 3.05) is 35.5 Å². The van der Waals surface area contributed by atoms with Crippen LogP contribution in [0.4, 0.5) is 11.4 Å². The molecule has 2 heterocycles. The highest BCUT2D eigenvalue weighted by molar-refractivity contribution is 7.91. The lowest BCUT2D eigenvalue weighted by Crippen LogP contribution is -2.37. The van der Waals surface area contributed by atoms with Gasteiger partial charge in [0, 0.05) is 11.8 Å². The van der Waals surface area contributed by atoms with Gasteiger partial charge in [-0.2, -0.15) is 0 Å². The van der Waals surface area contributed by atoms with Crippen LogP contribution in [0.3, 0.4) is 0 Å². The topological polar surface area (TPSA) is 59.1 Å². The molecule has 2 aromatic rings. The van der Waals surface area contributed by atoms with Crippen molar-refractivity contribution in [3.63, 3.8) is 0 Å². The van der Waals surface area contributed by atoms with E-state index in [1.165, 1.54) is 0 Å². The van der Waals surface area contributed by atoms with E-state index in [-0.39, 0.29) is 23.6 Å². The van der Waals surface area contributed by atoms with Crippen LogP contribution in [0.2, 0.25) is 0 Å². The zero-order valence-electron chi connectivity index (χ0n) is 16.0. The number of anilines is 2. The van der Waals surface area contributed by atoms with Crippen molar-refractivity contribution in [3.8, 4) is 11.5 Å². The minimum absolute atomic E-state index is 0.0561. The Balaban J connectivity index is 1.84. The maximum absolute atomic E-state index is 12.5. The molecule has 2 atom stereocenters. The molecule has 4 rings (SSSR count). The van der Waals surface area contributed by atoms with E-state index in [1.807, 2.05) is 59.2 Å². The molecule has 0 aliphatic carbocycles. The summed E-state index contributed by atoms with van der Waals surface area (Å²) in [7, 11) is 0.0117. The number of sulfone groups is 1.